The molecular weight excluding hydrogens is 344 g/mol. The van der Waals surface area contributed by atoms with E-state index in [0.29, 0.717) is 23.5 Å². The Hall–Kier alpha value is -3.12. The summed E-state index contributed by atoms with van der Waals surface area (Å²) in [5.74, 6) is 0.384. The molecule has 0 aromatic heterocycles. The molecule has 27 heavy (non-hydrogen) atoms. The molecule has 2 N–H and O–H groups in total. The molecule has 0 aliphatic carbocycles. The zero-order valence-corrected chi connectivity index (χ0v) is 14.7. The van der Waals surface area contributed by atoms with E-state index in [1.807, 2.05) is 12.1 Å². The predicted octanol–water partition coefficient (Wildman–Crippen LogP) is 2.97. The molecular formula is C21H20N2O4. The number of nitrogens with one attached hydrogen (secondary N) is 2. The van der Waals surface area contributed by atoms with Gasteiger partial charge in [-0.25, -0.2) is 0 Å². The highest BCUT2D eigenvalue weighted by Gasteiger charge is 2.21. The van der Waals surface area contributed by atoms with Crippen LogP contribution < -0.4 is 15.4 Å². The fourth-order valence-electron chi connectivity index (χ4n) is 3.10. The van der Waals surface area contributed by atoms with Gasteiger partial charge in [0.2, 0.25) is 0 Å². The van der Waals surface area contributed by atoms with Crippen molar-refractivity contribution in [2.45, 2.75) is 18.9 Å². The van der Waals surface area contributed by atoms with Crippen molar-refractivity contribution in [2.75, 3.05) is 18.5 Å². The molecule has 1 saturated heterocycles. The first-order valence-electron chi connectivity index (χ1n) is 8.99. The van der Waals surface area contributed by atoms with Crippen LogP contribution in [0.15, 0.2) is 54.3 Å². The average Bonchev–Trinajstić information content (AvgIpc) is 3.21. The number of anilines is 1. The lowest BCUT2D eigenvalue weighted by molar-refractivity contribution is -0.115. The lowest BCUT2D eigenvalue weighted by Gasteiger charge is -2.19. The highest BCUT2D eigenvalue weighted by Crippen LogP contribution is 2.30. The maximum atomic E-state index is 12.2. The molecule has 0 unspecified atom stereocenters. The molecule has 2 aromatic rings. The topological polar surface area (TPSA) is 76.7 Å². The van der Waals surface area contributed by atoms with Gasteiger partial charge in [-0.2, -0.15) is 0 Å². The normalized spacial score (nSPS) is 19.9. The minimum absolute atomic E-state index is 0.114. The summed E-state index contributed by atoms with van der Waals surface area (Å²) >= 11 is 0. The van der Waals surface area contributed by atoms with Crippen molar-refractivity contribution in [3.8, 4) is 5.75 Å². The second kappa shape index (κ2) is 7.63. The number of hydrogen-bond donors (Lipinski definition) is 2. The summed E-state index contributed by atoms with van der Waals surface area (Å²) in [7, 11) is 0. The van der Waals surface area contributed by atoms with Crippen LogP contribution in [0.4, 0.5) is 5.69 Å². The zero-order chi connectivity index (χ0) is 18.6. The van der Waals surface area contributed by atoms with Gasteiger partial charge in [0.25, 0.3) is 11.8 Å². The SMILES string of the molecule is O=C1Nc2ccccc2O/C1=C\c1ccc(C(=O)NC[C@@H]2CCCO2)cc1. The van der Waals surface area contributed by atoms with Gasteiger partial charge in [-0.05, 0) is 48.7 Å². The van der Waals surface area contributed by atoms with Crippen LogP contribution in [0.25, 0.3) is 6.08 Å². The second-order valence-corrected chi connectivity index (χ2v) is 6.53. The average molecular weight is 364 g/mol. The van der Waals surface area contributed by atoms with E-state index in [0.717, 1.165) is 25.0 Å². The molecule has 0 radical (unpaired) electrons. The second-order valence-electron chi connectivity index (χ2n) is 6.53. The minimum atomic E-state index is -0.299. The first kappa shape index (κ1) is 17.3. The third kappa shape index (κ3) is 4.01. The van der Waals surface area contributed by atoms with Crippen molar-refractivity contribution in [3.05, 3.63) is 65.4 Å². The molecule has 1 fully saturated rings. The van der Waals surface area contributed by atoms with Gasteiger partial charge in [0, 0.05) is 18.7 Å². The zero-order valence-electron chi connectivity index (χ0n) is 14.7. The summed E-state index contributed by atoms with van der Waals surface area (Å²) < 4.78 is 11.2. The standard InChI is InChI=1S/C21H20N2O4/c24-20(22-13-16-4-3-11-26-16)15-9-7-14(8-10-15)12-19-21(25)23-17-5-1-2-6-18(17)27-19/h1-2,5-10,12,16H,3-4,11,13H2,(H,22,24)(H,23,25)/b19-12-/t16-/m0/s1. The van der Waals surface area contributed by atoms with Crippen LogP contribution in [-0.4, -0.2) is 31.1 Å². The summed E-state index contributed by atoms with van der Waals surface area (Å²) in [6.45, 7) is 1.29. The lowest BCUT2D eigenvalue weighted by atomic mass is 10.1. The fraction of sp³-hybridized carbons (Fsp3) is 0.238. The molecule has 2 aliphatic rings. The molecule has 2 amide bonds. The Labute approximate surface area is 157 Å². The monoisotopic (exact) mass is 364 g/mol. The molecule has 6 heteroatoms. The molecule has 4 rings (SSSR count). The largest absolute Gasteiger partial charge is 0.449 e. The highest BCUT2D eigenvalue weighted by atomic mass is 16.5. The van der Waals surface area contributed by atoms with Crippen LogP contribution in [0.5, 0.6) is 5.75 Å². The van der Waals surface area contributed by atoms with E-state index < -0.39 is 0 Å². The first-order valence-corrected chi connectivity index (χ1v) is 8.99. The van der Waals surface area contributed by atoms with Gasteiger partial charge in [0.15, 0.2) is 11.5 Å². The van der Waals surface area contributed by atoms with E-state index in [-0.39, 0.29) is 23.7 Å². The Balaban J connectivity index is 1.42. The summed E-state index contributed by atoms with van der Waals surface area (Å²) in [6, 6.07) is 14.3. The van der Waals surface area contributed by atoms with Crippen LogP contribution in [0, 0.1) is 0 Å². The first-order chi connectivity index (χ1) is 13.2. The van der Waals surface area contributed by atoms with Gasteiger partial charge in [-0.1, -0.05) is 24.3 Å². The maximum absolute atomic E-state index is 12.2. The molecule has 0 spiro atoms. The number of carbonyl (C=O) groups excluding carboxylic acids is 2. The number of rotatable bonds is 4. The molecule has 6 nitrogen and oxygen atoms in total. The highest BCUT2D eigenvalue weighted by molar-refractivity contribution is 6.08. The minimum Gasteiger partial charge on any atom is -0.449 e. The third-order valence-corrected chi connectivity index (χ3v) is 4.56. The Kier molecular flexibility index (Phi) is 4.89. The number of carbonyl (C=O) groups is 2. The van der Waals surface area contributed by atoms with Crippen LogP contribution in [0.1, 0.15) is 28.8 Å². The van der Waals surface area contributed by atoms with Gasteiger partial charge < -0.3 is 20.1 Å². The number of para-hydroxylation sites is 2. The molecule has 1 atom stereocenters. The Morgan fingerprint density at radius 1 is 1.19 bits per heavy atom. The van der Waals surface area contributed by atoms with Crippen LogP contribution in [0.2, 0.25) is 0 Å². The molecule has 2 heterocycles. The van der Waals surface area contributed by atoms with Crippen LogP contribution in [-0.2, 0) is 9.53 Å². The van der Waals surface area contributed by atoms with Gasteiger partial charge in [-0.15, -0.1) is 0 Å². The lowest BCUT2D eigenvalue weighted by Crippen LogP contribution is -2.31. The molecule has 2 aliphatic heterocycles. The number of fused-ring (bicyclic) bond motifs is 1. The fourth-order valence-corrected chi connectivity index (χ4v) is 3.10. The van der Waals surface area contributed by atoms with Crippen molar-refractivity contribution in [1.29, 1.82) is 0 Å². The van der Waals surface area contributed by atoms with Gasteiger partial charge in [0.1, 0.15) is 0 Å². The van der Waals surface area contributed by atoms with Crippen LogP contribution in [0.3, 0.4) is 0 Å². The van der Waals surface area contributed by atoms with Crippen molar-refractivity contribution in [3.63, 3.8) is 0 Å². The van der Waals surface area contributed by atoms with E-state index in [4.69, 9.17) is 9.47 Å². The van der Waals surface area contributed by atoms with E-state index in [2.05, 4.69) is 10.6 Å². The Bertz CT molecular complexity index is 883. The Morgan fingerprint density at radius 2 is 2.00 bits per heavy atom. The molecule has 0 bridgehead atoms. The summed E-state index contributed by atoms with van der Waals surface area (Å²) in [5.41, 5.74) is 1.99. The van der Waals surface area contributed by atoms with Crippen LogP contribution >= 0.6 is 0 Å². The van der Waals surface area contributed by atoms with Gasteiger partial charge in [0.05, 0.1) is 11.8 Å². The van der Waals surface area contributed by atoms with E-state index >= 15 is 0 Å². The van der Waals surface area contributed by atoms with Crippen molar-refractivity contribution in [1.82, 2.24) is 5.32 Å². The molecule has 0 saturated carbocycles. The van der Waals surface area contributed by atoms with Gasteiger partial charge >= 0.3 is 0 Å². The third-order valence-electron chi connectivity index (χ3n) is 4.56. The van der Waals surface area contributed by atoms with Crippen molar-refractivity contribution in [2.24, 2.45) is 0 Å². The molecule has 138 valence electrons. The number of benzene rings is 2. The number of ether oxygens (including phenoxy) is 2. The van der Waals surface area contributed by atoms with E-state index in [1.165, 1.54) is 0 Å². The summed E-state index contributed by atoms with van der Waals surface area (Å²) in [6.07, 6.45) is 3.80. The smallest absolute Gasteiger partial charge is 0.291 e. The van der Waals surface area contributed by atoms with Crippen molar-refractivity contribution < 1.29 is 19.1 Å². The molecule has 2 aromatic carbocycles. The summed E-state index contributed by atoms with van der Waals surface area (Å²) in [5, 5.41) is 5.69. The Morgan fingerprint density at radius 3 is 2.78 bits per heavy atom. The van der Waals surface area contributed by atoms with Crippen molar-refractivity contribution >= 4 is 23.6 Å². The summed E-state index contributed by atoms with van der Waals surface area (Å²) in [4.78, 5) is 24.4. The maximum Gasteiger partial charge on any atom is 0.291 e. The predicted molar refractivity (Wildman–Crippen MR) is 101 cm³/mol. The van der Waals surface area contributed by atoms with Gasteiger partial charge in [-0.3, -0.25) is 9.59 Å². The number of hydrogen-bond acceptors (Lipinski definition) is 4. The van der Waals surface area contributed by atoms with E-state index in [1.54, 1.807) is 42.5 Å². The number of amides is 2. The van der Waals surface area contributed by atoms with E-state index in [9.17, 15) is 9.59 Å². The quantitative estimate of drug-likeness (QED) is 0.818.